The molecule has 7 nitrogen and oxygen atoms in total. The number of phenols is 2. The first-order valence-electron chi connectivity index (χ1n) is 11.6. The lowest BCUT2D eigenvalue weighted by Gasteiger charge is -2.27. The lowest BCUT2D eigenvalue weighted by atomic mass is 9.93. The number of hydrogen-bond acceptors (Lipinski definition) is 5. The zero-order valence-corrected chi connectivity index (χ0v) is 19.9. The molecule has 0 aliphatic carbocycles. The fourth-order valence-corrected chi connectivity index (χ4v) is 4.90. The molecule has 0 bridgehead atoms. The number of hydrogen-bond donors (Lipinski definition) is 3. The van der Waals surface area contributed by atoms with Gasteiger partial charge in [-0.25, -0.2) is 0 Å². The minimum absolute atomic E-state index is 0.0363. The summed E-state index contributed by atoms with van der Waals surface area (Å²) in [6, 6.07) is 18.1. The van der Waals surface area contributed by atoms with Crippen LogP contribution < -0.4 is 4.74 Å². The van der Waals surface area contributed by atoms with E-state index in [0.29, 0.717) is 41.4 Å². The number of aryl methyl sites for hydroxylation is 2. The maximum Gasteiger partial charge on any atom is 0.273 e. The van der Waals surface area contributed by atoms with Crippen LogP contribution in [0.4, 0.5) is 0 Å². The number of amides is 1. The number of aromatic nitrogens is 2. The molecule has 4 aromatic rings. The molecule has 0 spiro atoms. The van der Waals surface area contributed by atoms with Crippen LogP contribution in [0.1, 0.15) is 51.3 Å². The van der Waals surface area contributed by atoms with Crippen molar-refractivity contribution in [1.29, 1.82) is 0 Å². The molecule has 1 atom stereocenters. The van der Waals surface area contributed by atoms with Crippen molar-refractivity contribution in [2.24, 2.45) is 0 Å². The highest BCUT2D eigenvalue weighted by molar-refractivity contribution is 6.00. The van der Waals surface area contributed by atoms with E-state index < -0.39 is 6.04 Å². The summed E-state index contributed by atoms with van der Waals surface area (Å²) in [6.07, 6.45) is 0. The second-order valence-electron chi connectivity index (χ2n) is 8.82. The highest BCUT2D eigenvalue weighted by atomic mass is 16.5. The van der Waals surface area contributed by atoms with Crippen molar-refractivity contribution < 1.29 is 19.7 Å². The summed E-state index contributed by atoms with van der Waals surface area (Å²) < 4.78 is 5.64. The Morgan fingerprint density at radius 3 is 2.51 bits per heavy atom. The molecule has 3 aromatic carbocycles. The van der Waals surface area contributed by atoms with E-state index in [1.54, 1.807) is 29.2 Å². The second kappa shape index (κ2) is 8.83. The topological polar surface area (TPSA) is 98.7 Å². The standard InChI is InChI=1S/C28H27N3O4/c1-4-35-22-14-19(10-11-20(22)32)27-24-25(23-17(3)12-16(2)13-21(23)33)29-30-26(24)28(34)31(27)15-18-8-6-5-7-9-18/h5-14,27,32-33H,4,15H2,1-3H3,(H,29,30). The van der Waals surface area contributed by atoms with Gasteiger partial charge in [-0.2, -0.15) is 5.10 Å². The van der Waals surface area contributed by atoms with Crippen molar-refractivity contribution in [1.82, 2.24) is 15.1 Å². The predicted octanol–water partition coefficient (Wildman–Crippen LogP) is 5.25. The zero-order chi connectivity index (χ0) is 24.7. The van der Waals surface area contributed by atoms with Gasteiger partial charge in [0.15, 0.2) is 11.5 Å². The highest BCUT2D eigenvalue weighted by Crippen LogP contribution is 2.47. The summed E-state index contributed by atoms with van der Waals surface area (Å²) in [7, 11) is 0. The smallest absolute Gasteiger partial charge is 0.273 e. The van der Waals surface area contributed by atoms with Gasteiger partial charge in [0.1, 0.15) is 17.1 Å². The molecule has 0 saturated heterocycles. The third-order valence-electron chi connectivity index (χ3n) is 6.35. The van der Waals surface area contributed by atoms with Crippen molar-refractivity contribution >= 4 is 5.91 Å². The Labute approximate surface area is 203 Å². The van der Waals surface area contributed by atoms with E-state index in [9.17, 15) is 15.0 Å². The first-order chi connectivity index (χ1) is 16.9. The van der Waals surface area contributed by atoms with Crippen LogP contribution in [-0.4, -0.2) is 37.8 Å². The molecule has 0 saturated carbocycles. The van der Waals surface area contributed by atoms with E-state index in [-0.39, 0.29) is 17.4 Å². The van der Waals surface area contributed by atoms with Crippen molar-refractivity contribution in [2.45, 2.75) is 33.4 Å². The molecule has 1 aliphatic heterocycles. The molecule has 5 rings (SSSR count). The number of fused-ring (bicyclic) bond motifs is 1. The molecule has 178 valence electrons. The average Bonchev–Trinajstić information content (AvgIpc) is 3.35. The van der Waals surface area contributed by atoms with Crippen LogP contribution >= 0.6 is 0 Å². The SMILES string of the molecule is CCOc1cc(C2c3c(-c4c(C)cc(C)cc4O)n[nH]c3C(=O)N2Cc2ccccc2)ccc1O. The molecular formula is C28H27N3O4. The minimum Gasteiger partial charge on any atom is -0.507 e. The van der Waals surface area contributed by atoms with E-state index in [1.807, 2.05) is 57.2 Å². The first-order valence-corrected chi connectivity index (χ1v) is 11.6. The summed E-state index contributed by atoms with van der Waals surface area (Å²) in [5.41, 5.74) is 5.79. The highest BCUT2D eigenvalue weighted by Gasteiger charge is 2.43. The quantitative estimate of drug-likeness (QED) is 0.358. The number of phenolic OH excluding ortho intramolecular Hbond substituents is 2. The number of H-pyrrole nitrogens is 1. The third-order valence-corrected chi connectivity index (χ3v) is 6.35. The van der Waals surface area contributed by atoms with Gasteiger partial charge < -0.3 is 19.8 Å². The van der Waals surface area contributed by atoms with Crippen LogP contribution in [0.5, 0.6) is 17.2 Å². The number of carbonyl (C=O) groups excluding carboxylic acids is 1. The van der Waals surface area contributed by atoms with Crippen molar-refractivity contribution in [3.63, 3.8) is 0 Å². The van der Waals surface area contributed by atoms with Gasteiger partial charge >= 0.3 is 0 Å². The molecule has 35 heavy (non-hydrogen) atoms. The number of nitrogens with one attached hydrogen (secondary N) is 1. The summed E-state index contributed by atoms with van der Waals surface area (Å²) >= 11 is 0. The van der Waals surface area contributed by atoms with Crippen molar-refractivity contribution in [3.8, 4) is 28.5 Å². The van der Waals surface area contributed by atoms with Gasteiger partial charge in [-0.1, -0.05) is 42.5 Å². The summed E-state index contributed by atoms with van der Waals surface area (Å²) in [5.74, 6) is 0.326. The van der Waals surface area contributed by atoms with E-state index in [0.717, 1.165) is 22.3 Å². The van der Waals surface area contributed by atoms with Crippen LogP contribution in [0.15, 0.2) is 60.7 Å². The molecule has 3 N–H and O–H groups in total. The Morgan fingerprint density at radius 2 is 1.80 bits per heavy atom. The van der Waals surface area contributed by atoms with E-state index in [2.05, 4.69) is 10.2 Å². The largest absolute Gasteiger partial charge is 0.507 e. The number of carbonyl (C=O) groups is 1. The zero-order valence-electron chi connectivity index (χ0n) is 19.9. The molecule has 0 radical (unpaired) electrons. The number of aromatic hydroxyl groups is 2. The maximum absolute atomic E-state index is 13.6. The Hall–Kier alpha value is -4.26. The van der Waals surface area contributed by atoms with Crippen LogP contribution in [-0.2, 0) is 6.54 Å². The van der Waals surface area contributed by atoms with Gasteiger partial charge in [0, 0.05) is 17.7 Å². The van der Waals surface area contributed by atoms with E-state index >= 15 is 0 Å². The third kappa shape index (κ3) is 3.89. The number of rotatable bonds is 6. The molecule has 2 heterocycles. The van der Waals surface area contributed by atoms with Crippen LogP contribution in [0.3, 0.4) is 0 Å². The Morgan fingerprint density at radius 1 is 1.03 bits per heavy atom. The maximum atomic E-state index is 13.6. The van der Waals surface area contributed by atoms with Crippen LogP contribution in [0, 0.1) is 13.8 Å². The molecule has 0 fully saturated rings. The fourth-order valence-electron chi connectivity index (χ4n) is 4.90. The van der Waals surface area contributed by atoms with Gasteiger partial charge in [-0.05, 0) is 61.2 Å². The molecule has 7 heteroatoms. The van der Waals surface area contributed by atoms with E-state index in [1.165, 1.54) is 0 Å². The number of aromatic amines is 1. The van der Waals surface area contributed by atoms with Gasteiger partial charge in [0.25, 0.3) is 5.91 Å². The lowest BCUT2D eigenvalue weighted by molar-refractivity contribution is 0.0730. The van der Waals surface area contributed by atoms with Gasteiger partial charge in [-0.15, -0.1) is 0 Å². The fraction of sp³-hybridized carbons (Fsp3) is 0.214. The molecule has 1 unspecified atom stereocenters. The summed E-state index contributed by atoms with van der Waals surface area (Å²) in [4.78, 5) is 15.4. The van der Waals surface area contributed by atoms with Crippen LogP contribution in [0.2, 0.25) is 0 Å². The second-order valence-corrected chi connectivity index (χ2v) is 8.82. The summed E-state index contributed by atoms with van der Waals surface area (Å²) in [6.45, 7) is 6.47. The van der Waals surface area contributed by atoms with Crippen LogP contribution in [0.25, 0.3) is 11.3 Å². The van der Waals surface area contributed by atoms with Crippen molar-refractivity contribution in [3.05, 3.63) is 94.2 Å². The number of benzene rings is 3. The predicted molar refractivity (Wildman–Crippen MR) is 133 cm³/mol. The monoisotopic (exact) mass is 469 g/mol. The number of nitrogens with zero attached hydrogens (tertiary/aromatic N) is 2. The average molecular weight is 470 g/mol. The van der Waals surface area contributed by atoms with Gasteiger partial charge in [0.05, 0.1) is 12.6 Å². The van der Waals surface area contributed by atoms with Crippen molar-refractivity contribution in [2.75, 3.05) is 6.61 Å². The van der Waals surface area contributed by atoms with E-state index in [4.69, 9.17) is 4.74 Å². The molecule has 1 aromatic heterocycles. The Bertz CT molecular complexity index is 1390. The summed E-state index contributed by atoms with van der Waals surface area (Å²) in [5, 5.41) is 28.6. The Kier molecular flexibility index (Phi) is 5.68. The molecule has 1 amide bonds. The molecule has 1 aliphatic rings. The molecular weight excluding hydrogens is 442 g/mol. The normalized spacial score (nSPS) is 14.9. The Balaban J connectivity index is 1.70. The lowest BCUT2D eigenvalue weighted by Crippen LogP contribution is -2.29. The first kappa shape index (κ1) is 22.5. The minimum atomic E-state index is -0.494. The van der Waals surface area contributed by atoms with Gasteiger partial charge in [-0.3, -0.25) is 9.89 Å². The van der Waals surface area contributed by atoms with Gasteiger partial charge in [0.2, 0.25) is 0 Å². The number of ether oxygens (including phenoxy) is 1.